The Morgan fingerprint density at radius 2 is 2.08 bits per heavy atom. The maximum atomic E-state index is 11.8. The predicted molar refractivity (Wildman–Crippen MR) is 83.6 cm³/mol. The van der Waals surface area contributed by atoms with Gasteiger partial charge in [0.15, 0.2) is 24.2 Å². The van der Waals surface area contributed by atoms with E-state index in [-0.39, 0.29) is 5.60 Å². The van der Waals surface area contributed by atoms with Crippen molar-refractivity contribution >= 4 is 17.9 Å². The standard InChI is InChI=1S/C16H20N2O6/c1-9(14(20)18-15(17)21)23-12(19)8-22-11-6-4-5-10-7-16(2,3)24-13(10)11/h4-6,9H,7-8H2,1-3H3,(H3,17,18,20,21)/t9-/m0/s1. The highest BCUT2D eigenvalue weighted by atomic mass is 16.6. The lowest BCUT2D eigenvalue weighted by Gasteiger charge is -2.18. The smallest absolute Gasteiger partial charge is 0.344 e. The summed E-state index contributed by atoms with van der Waals surface area (Å²) in [6, 6.07) is 4.42. The van der Waals surface area contributed by atoms with Gasteiger partial charge in [-0.2, -0.15) is 0 Å². The topological polar surface area (TPSA) is 117 Å². The van der Waals surface area contributed by atoms with E-state index in [1.165, 1.54) is 6.92 Å². The molecule has 1 aromatic carbocycles. The number of nitrogens with one attached hydrogen (secondary N) is 1. The highest BCUT2D eigenvalue weighted by molar-refractivity contribution is 5.96. The zero-order valence-corrected chi connectivity index (χ0v) is 13.8. The molecule has 3 amide bonds. The number of primary amides is 1. The number of benzene rings is 1. The molecule has 0 fully saturated rings. The first-order chi connectivity index (χ1) is 11.2. The van der Waals surface area contributed by atoms with Crippen molar-refractivity contribution in [1.82, 2.24) is 5.32 Å². The largest absolute Gasteiger partial charge is 0.483 e. The van der Waals surface area contributed by atoms with E-state index in [1.54, 1.807) is 6.07 Å². The van der Waals surface area contributed by atoms with Crippen LogP contribution in [0.5, 0.6) is 11.5 Å². The van der Waals surface area contributed by atoms with Gasteiger partial charge in [-0.1, -0.05) is 12.1 Å². The van der Waals surface area contributed by atoms with E-state index in [0.717, 1.165) is 12.0 Å². The Labute approximate surface area is 139 Å². The number of para-hydroxylation sites is 1. The van der Waals surface area contributed by atoms with E-state index in [1.807, 2.05) is 31.3 Å². The molecule has 0 bridgehead atoms. The number of hydrogen-bond donors (Lipinski definition) is 2. The molecule has 130 valence electrons. The van der Waals surface area contributed by atoms with Crippen molar-refractivity contribution in [2.24, 2.45) is 5.73 Å². The molecule has 0 radical (unpaired) electrons. The van der Waals surface area contributed by atoms with Crippen LogP contribution in [0.2, 0.25) is 0 Å². The normalized spacial score (nSPS) is 15.6. The van der Waals surface area contributed by atoms with Crippen molar-refractivity contribution in [3.63, 3.8) is 0 Å². The Balaban J connectivity index is 1.91. The number of ether oxygens (including phenoxy) is 3. The third kappa shape index (κ3) is 4.37. The van der Waals surface area contributed by atoms with Crippen LogP contribution in [-0.4, -0.2) is 36.2 Å². The van der Waals surface area contributed by atoms with E-state index < -0.39 is 30.6 Å². The zero-order valence-electron chi connectivity index (χ0n) is 13.8. The molecule has 1 aromatic rings. The first-order valence-electron chi connectivity index (χ1n) is 7.41. The van der Waals surface area contributed by atoms with E-state index in [0.29, 0.717) is 11.5 Å². The average molecular weight is 336 g/mol. The minimum atomic E-state index is -1.16. The van der Waals surface area contributed by atoms with E-state index in [4.69, 9.17) is 19.9 Å². The number of amides is 3. The fourth-order valence-corrected chi connectivity index (χ4v) is 2.35. The second-order valence-corrected chi connectivity index (χ2v) is 6.06. The molecule has 8 heteroatoms. The van der Waals surface area contributed by atoms with Gasteiger partial charge in [0.1, 0.15) is 5.60 Å². The van der Waals surface area contributed by atoms with Crippen LogP contribution < -0.4 is 20.5 Å². The van der Waals surface area contributed by atoms with E-state index in [9.17, 15) is 14.4 Å². The van der Waals surface area contributed by atoms with Crippen LogP contribution in [0.3, 0.4) is 0 Å². The van der Waals surface area contributed by atoms with Crippen molar-refractivity contribution < 1.29 is 28.6 Å². The van der Waals surface area contributed by atoms with Gasteiger partial charge in [0.25, 0.3) is 5.91 Å². The van der Waals surface area contributed by atoms with Gasteiger partial charge in [0.05, 0.1) is 0 Å². The third-order valence-electron chi connectivity index (χ3n) is 3.32. The van der Waals surface area contributed by atoms with Gasteiger partial charge in [-0.25, -0.2) is 9.59 Å². The summed E-state index contributed by atoms with van der Waals surface area (Å²) in [5, 5.41) is 1.83. The number of carbonyl (C=O) groups is 3. The molecule has 1 atom stereocenters. The summed E-state index contributed by atoms with van der Waals surface area (Å²) in [4.78, 5) is 33.8. The Morgan fingerprint density at radius 3 is 2.75 bits per heavy atom. The van der Waals surface area contributed by atoms with Crippen LogP contribution in [0, 0.1) is 0 Å². The molecule has 0 aromatic heterocycles. The number of urea groups is 1. The summed E-state index contributed by atoms with van der Waals surface area (Å²) in [5.74, 6) is -0.516. The number of carbonyl (C=O) groups excluding carboxylic acids is 3. The SMILES string of the molecule is C[C@H](OC(=O)COc1cccc2c1OC(C)(C)C2)C(=O)NC(N)=O. The molecule has 0 saturated heterocycles. The summed E-state index contributed by atoms with van der Waals surface area (Å²) in [6.07, 6.45) is -0.417. The molecule has 8 nitrogen and oxygen atoms in total. The van der Waals surface area contributed by atoms with Gasteiger partial charge in [-0.15, -0.1) is 0 Å². The maximum Gasteiger partial charge on any atom is 0.344 e. The highest BCUT2D eigenvalue weighted by Crippen LogP contribution is 2.41. The number of rotatable bonds is 5. The Hall–Kier alpha value is -2.77. The maximum absolute atomic E-state index is 11.8. The molecule has 1 heterocycles. The van der Waals surface area contributed by atoms with Gasteiger partial charge >= 0.3 is 12.0 Å². The molecule has 1 aliphatic heterocycles. The lowest BCUT2D eigenvalue weighted by atomic mass is 10.0. The van der Waals surface area contributed by atoms with Crippen molar-refractivity contribution in [3.8, 4) is 11.5 Å². The Bertz CT molecular complexity index is 671. The third-order valence-corrected chi connectivity index (χ3v) is 3.32. The van der Waals surface area contributed by atoms with Crippen LogP contribution in [-0.2, 0) is 20.7 Å². The summed E-state index contributed by atoms with van der Waals surface area (Å²) >= 11 is 0. The van der Waals surface area contributed by atoms with E-state index in [2.05, 4.69) is 0 Å². The number of hydrogen-bond acceptors (Lipinski definition) is 6. The van der Waals surface area contributed by atoms with Gasteiger partial charge in [-0.3, -0.25) is 10.1 Å². The summed E-state index contributed by atoms with van der Waals surface area (Å²) in [6.45, 7) is 4.85. The first kappa shape index (κ1) is 17.6. The number of fused-ring (bicyclic) bond motifs is 1. The summed E-state index contributed by atoms with van der Waals surface area (Å²) in [7, 11) is 0. The van der Waals surface area contributed by atoms with Crippen LogP contribution >= 0.6 is 0 Å². The molecule has 0 saturated carbocycles. The van der Waals surface area contributed by atoms with Crippen molar-refractivity contribution in [2.75, 3.05) is 6.61 Å². The molecule has 0 spiro atoms. The first-order valence-corrected chi connectivity index (χ1v) is 7.41. The predicted octanol–water partition coefficient (Wildman–Crippen LogP) is 0.906. The summed E-state index contributed by atoms with van der Waals surface area (Å²) < 4.78 is 16.1. The second kappa shape index (κ2) is 6.77. The Kier molecular flexibility index (Phi) is 4.96. The lowest BCUT2D eigenvalue weighted by Crippen LogP contribution is -2.42. The van der Waals surface area contributed by atoms with Crippen LogP contribution in [0.25, 0.3) is 0 Å². The van der Waals surface area contributed by atoms with Crippen molar-refractivity contribution in [1.29, 1.82) is 0 Å². The molecular weight excluding hydrogens is 316 g/mol. The molecule has 2 rings (SSSR count). The van der Waals surface area contributed by atoms with Crippen molar-refractivity contribution in [2.45, 2.75) is 38.9 Å². The molecule has 3 N–H and O–H groups in total. The Morgan fingerprint density at radius 1 is 1.38 bits per heavy atom. The van der Waals surface area contributed by atoms with Crippen molar-refractivity contribution in [3.05, 3.63) is 23.8 Å². The van der Waals surface area contributed by atoms with Crippen LogP contribution in [0.1, 0.15) is 26.3 Å². The summed E-state index contributed by atoms with van der Waals surface area (Å²) in [5.41, 5.74) is 5.49. The average Bonchev–Trinajstić information content (AvgIpc) is 2.78. The molecule has 0 unspecified atom stereocenters. The van der Waals surface area contributed by atoms with Gasteiger partial charge in [-0.05, 0) is 26.8 Å². The molecule has 24 heavy (non-hydrogen) atoms. The number of imide groups is 1. The van der Waals surface area contributed by atoms with Crippen LogP contribution in [0.15, 0.2) is 18.2 Å². The molecule has 1 aliphatic rings. The molecular formula is C16H20N2O6. The quantitative estimate of drug-likeness (QED) is 0.772. The fourth-order valence-electron chi connectivity index (χ4n) is 2.35. The number of nitrogens with two attached hydrogens (primary N) is 1. The van der Waals surface area contributed by atoms with Gasteiger partial charge in [0.2, 0.25) is 0 Å². The van der Waals surface area contributed by atoms with Gasteiger partial charge in [0, 0.05) is 12.0 Å². The zero-order chi connectivity index (χ0) is 17.9. The highest BCUT2D eigenvalue weighted by Gasteiger charge is 2.32. The lowest BCUT2D eigenvalue weighted by molar-refractivity contribution is -0.156. The van der Waals surface area contributed by atoms with E-state index >= 15 is 0 Å². The minimum Gasteiger partial charge on any atom is -0.483 e. The second-order valence-electron chi connectivity index (χ2n) is 6.06. The fraction of sp³-hybridized carbons (Fsp3) is 0.438. The van der Waals surface area contributed by atoms with Gasteiger partial charge < -0.3 is 19.9 Å². The molecule has 0 aliphatic carbocycles. The number of esters is 1. The monoisotopic (exact) mass is 336 g/mol. The minimum absolute atomic E-state index is 0.330. The van der Waals surface area contributed by atoms with Crippen LogP contribution in [0.4, 0.5) is 4.79 Å².